The molecule has 2 N–H and O–H groups in total. The van der Waals surface area contributed by atoms with Gasteiger partial charge in [-0.1, -0.05) is 12.1 Å². The second-order valence-corrected chi connectivity index (χ2v) is 6.18. The van der Waals surface area contributed by atoms with Crippen LogP contribution >= 0.6 is 0 Å². The fraction of sp³-hybridized carbons (Fsp3) is 0.286. The number of Topliss-reactive ketones (excluding diaryl/α,β-unsaturated/α-hetero) is 1. The van der Waals surface area contributed by atoms with E-state index < -0.39 is 0 Å². The molecule has 6 heteroatoms. The van der Waals surface area contributed by atoms with Crippen molar-refractivity contribution in [2.75, 3.05) is 13.2 Å². The summed E-state index contributed by atoms with van der Waals surface area (Å²) < 4.78 is 5.36. The Morgan fingerprint density at radius 2 is 1.85 bits per heavy atom. The molecule has 0 fully saturated rings. The fourth-order valence-corrected chi connectivity index (χ4v) is 2.81. The molecule has 2 aromatic carbocycles. The number of aromatic amines is 1. The molecule has 1 heterocycles. The van der Waals surface area contributed by atoms with E-state index in [0.717, 1.165) is 22.6 Å². The summed E-state index contributed by atoms with van der Waals surface area (Å²) in [7, 11) is 0. The summed E-state index contributed by atoms with van der Waals surface area (Å²) in [5, 5.41) is 2.84. The van der Waals surface area contributed by atoms with Gasteiger partial charge in [0.25, 0.3) is 0 Å². The van der Waals surface area contributed by atoms with Gasteiger partial charge in [0.15, 0.2) is 5.78 Å². The molecule has 0 atom stereocenters. The van der Waals surface area contributed by atoms with Crippen LogP contribution in [-0.2, 0) is 11.2 Å². The minimum absolute atomic E-state index is 0.0505. The van der Waals surface area contributed by atoms with E-state index in [-0.39, 0.29) is 24.5 Å². The van der Waals surface area contributed by atoms with Crippen molar-refractivity contribution >= 4 is 22.7 Å². The summed E-state index contributed by atoms with van der Waals surface area (Å²) in [5.41, 5.74) is 2.49. The third kappa shape index (κ3) is 5.17. The highest BCUT2D eigenvalue weighted by molar-refractivity contribution is 5.98. The molecule has 0 aliphatic rings. The fourth-order valence-electron chi connectivity index (χ4n) is 2.81. The molecule has 6 nitrogen and oxygen atoms in total. The Balaban J connectivity index is 1.40. The maximum absolute atomic E-state index is 12.2. The molecule has 27 heavy (non-hydrogen) atoms. The summed E-state index contributed by atoms with van der Waals surface area (Å²) in [5.74, 6) is 1.38. The zero-order valence-corrected chi connectivity index (χ0v) is 15.3. The molecule has 0 spiro atoms. The highest BCUT2D eigenvalue weighted by Crippen LogP contribution is 2.14. The lowest BCUT2D eigenvalue weighted by atomic mass is 10.1. The van der Waals surface area contributed by atoms with Gasteiger partial charge in [0.05, 0.1) is 17.6 Å². The number of amides is 1. The zero-order chi connectivity index (χ0) is 19.1. The van der Waals surface area contributed by atoms with E-state index in [1.165, 1.54) is 0 Å². The second kappa shape index (κ2) is 8.98. The van der Waals surface area contributed by atoms with Crippen molar-refractivity contribution in [3.05, 3.63) is 59.9 Å². The third-order valence-electron chi connectivity index (χ3n) is 4.19. The highest BCUT2D eigenvalue weighted by atomic mass is 16.5. The number of carbonyl (C=O) groups excluding carboxylic acids is 2. The van der Waals surface area contributed by atoms with Crippen molar-refractivity contribution < 1.29 is 14.3 Å². The number of hydrogen-bond acceptors (Lipinski definition) is 4. The molecule has 0 saturated heterocycles. The molecule has 1 amide bonds. The van der Waals surface area contributed by atoms with Crippen LogP contribution in [0.3, 0.4) is 0 Å². The average Bonchev–Trinajstić information content (AvgIpc) is 3.10. The molecule has 1 aromatic heterocycles. The molecule has 0 unspecified atom stereocenters. The molecule has 0 bridgehead atoms. The maximum Gasteiger partial charge on any atom is 0.220 e. The van der Waals surface area contributed by atoms with Crippen LogP contribution in [0.15, 0.2) is 48.5 Å². The summed E-state index contributed by atoms with van der Waals surface area (Å²) in [6.45, 7) is 2.98. The number of H-pyrrole nitrogens is 1. The van der Waals surface area contributed by atoms with Gasteiger partial charge < -0.3 is 15.0 Å². The van der Waals surface area contributed by atoms with Crippen LogP contribution in [-0.4, -0.2) is 34.8 Å². The first-order valence-electron chi connectivity index (χ1n) is 9.12. The Morgan fingerprint density at radius 3 is 2.59 bits per heavy atom. The monoisotopic (exact) mass is 365 g/mol. The number of para-hydroxylation sites is 2. The number of benzene rings is 2. The van der Waals surface area contributed by atoms with Crippen LogP contribution in [0.2, 0.25) is 0 Å². The number of imidazole rings is 1. The lowest BCUT2D eigenvalue weighted by Crippen LogP contribution is -2.26. The SMILES string of the molecule is CCOc1ccc(C(=O)CCC(=O)NCCc2nc3ccccc3[nH]2)cc1. The first-order valence-corrected chi connectivity index (χ1v) is 9.12. The summed E-state index contributed by atoms with van der Waals surface area (Å²) in [6.07, 6.45) is 0.976. The first kappa shape index (κ1) is 18.6. The molecule has 3 aromatic rings. The van der Waals surface area contributed by atoms with Crippen LogP contribution in [0.1, 0.15) is 35.9 Å². The van der Waals surface area contributed by atoms with Gasteiger partial charge in [0.2, 0.25) is 5.91 Å². The third-order valence-corrected chi connectivity index (χ3v) is 4.19. The van der Waals surface area contributed by atoms with Crippen LogP contribution in [0.5, 0.6) is 5.75 Å². The van der Waals surface area contributed by atoms with E-state index >= 15 is 0 Å². The molecule has 140 valence electrons. The number of aromatic nitrogens is 2. The van der Waals surface area contributed by atoms with Crippen LogP contribution in [0.4, 0.5) is 0 Å². The minimum Gasteiger partial charge on any atom is -0.494 e. The average molecular weight is 365 g/mol. The summed E-state index contributed by atoms with van der Waals surface area (Å²) in [6, 6.07) is 14.8. The predicted octanol–water partition coefficient (Wildman–Crippen LogP) is 3.28. The predicted molar refractivity (Wildman–Crippen MR) is 104 cm³/mol. The van der Waals surface area contributed by atoms with Gasteiger partial charge in [-0.05, 0) is 43.3 Å². The Labute approximate surface area is 158 Å². The van der Waals surface area contributed by atoms with Gasteiger partial charge in [-0.25, -0.2) is 4.98 Å². The van der Waals surface area contributed by atoms with Gasteiger partial charge in [0.1, 0.15) is 11.6 Å². The van der Waals surface area contributed by atoms with Crippen molar-refractivity contribution in [3.8, 4) is 5.75 Å². The molecule has 0 aliphatic heterocycles. The van der Waals surface area contributed by atoms with Gasteiger partial charge in [-0.15, -0.1) is 0 Å². The number of hydrogen-bond donors (Lipinski definition) is 2. The normalized spacial score (nSPS) is 10.7. The van der Waals surface area contributed by atoms with Crippen molar-refractivity contribution in [1.82, 2.24) is 15.3 Å². The minimum atomic E-state index is -0.134. The number of ketones is 1. The molecule has 3 rings (SSSR count). The zero-order valence-electron chi connectivity index (χ0n) is 15.3. The van der Waals surface area contributed by atoms with Crippen molar-refractivity contribution in [1.29, 1.82) is 0 Å². The smallest absolute Gasteiger partial charge is 0.220 e. The topological polar surface area (TPSA) is 84.1 Å². The standard InChI is InChI=1S/C21H23N3O3/c1-2-27-16-9-7-15(8-10-16)19(25)11-12-21(26)22-14-13-20-23-17-5-3-4-6-18(17)24-20/h3-10H,2,11-14H2,1H3,(H,22,26)(H,23,24). The number of nitrogens with one attached hydrogen (secondary N) is 2. The van der Waals surface area contributed by atoms with Gasteiger partial charge in [-0.2, -0.15) is 0 Å². The largest absolute Gasteiger partial charge is 0.494 e. The lowest BCUT2D eigenvalue weighted by molar-refractivity contribution is -0.121. The number of carbonyl (C=O) groups is 2. The Morgan fingerprint density at radius 1 is 1.07 bits per heavy atom. The van der Waals surface area contributed by atoms with Gasteiger partial charge in [0, 0.05) is 31.4 Å². The second-order valence-electron chi connectivity index (χ2n) is 6.18. The van der Waals surface area contributed by atoms with Crippen molar-refractivity contribution in [2.24, 2.45) is 0 Å². The first-order chi connectivity index (χ1) is 13.2. The Bertz CT molecular complexity index is 883. The Hall–Kier alpha value is -3.15. The molecule has 0 saturated carbocycles. The number of nitrogens with zero attached hydrogens (tertiary/aromatic N) is 1. The van der Waals surface area contributed by atoms with Crippen LogP contribution < -0.4 is 10.1 Å². The molecule has 0 radical (unpaired) electrons. The maximum atomic E-state index is 12.2. The van der Waals surface area contributed by atoms with Crippen molar-refractivity contribution in [3.63, 3.8) is 0 Å². The summed E-state index contributed by atoms with van der Waals surface area (Å²) >= 11 is 0. The quantitative estimate of drug-likeness (QED) is 0.570. The number of rotatable bonds is 9. The van der Waals surface area contributed by atoms with E-state index in [1.807, 2.05) is 31.2 Å². The molecular formula is C21H23N3O3. The van der Waals surface area contributed by atoms with Crippen LogP contribution in [0, 0.1) is 0 Å². The van der Waals surface area contributed by atoms with E-state index in [0.29, 0.717) is 25.1 Å². The molecular weight excluding hydrogens is 342 g/mol. The summed E-state index contributed by atoms with van der Waals surface area (Å²) in [4.78, 5) is 31.8. The highest BCUT2D eigenvalue weighted by Gasteiger charge is 2.10. The molecule has 0 aliphatic carbocycles. The Kier molecular flexibility index (Phi) is 6.20. The van der Waals surface area contributed by atoms with Crippen LogP contribution in [0.25, 0.3) is 11.0 Å². The number of ether oxygens (including phenoxy) is 1. The van der Waals surface area contributed by atoms with E-state index in [9.17, 15) is 9.59 Å². The van der Waals surface area contributed by atoms with E-state index in [4.69, 9.17) is 4.74 Å². The number of fused-ring (bicyclic) bond motifs is 1. The van der Waals surface area contributed by atoms with E-state index in [2.05, 4.69) is 15.3 Å². The lowest BCUT2D eigenvalue weighted by Gasteiger charge is -2.05. The van der Waals surface area contributed by atoms with Crippen molar-refractivity contribution in [2.45, 2.75) is 26.2 Å². The van der Waals surface area contributed by atoms with E-state index in [1.54, 1.807) is 24.3 Å². The van der Waals surface area contributed by atoms with Gasteiger partial charge >= 0.3 is 0 Å². The van der Waals surface area contributed by atoms with Gasteiger partial charge in [-0.3, -0.25) is 9.59 Å².